The molecule has 2 aromatic heterocycles. The molecule has 0 aromatic carbocycles. The van der Waals surface area contributed by atoms with Gasteiger partial charge in [0.1, 0.15) is 11.9 Å². The second-order valence-corrected chi connectivity index (χ2v) is 9.80. The van der Waals surface area contributed by atoms with E-state index in [2.05, 4.69) is 0 Å². The number of amides is 2. The fourth-order valence-corrected chi connectivity index (χ4v) is 6.77. The number of thiazole rings is 1. The molecule has 2 aliphatic rings. The number of carbonyl (C=O) groups excluding carboxylic acids is 2. The van der Waals surface area contributed by atoms with Crippen molar-refractivity contribution in [3.63, 3.8) is 0 Å². The van der Waals surface area contributed by atoms with Crippen LogP contribution >= 0.6 is 23.1 Å². The summed E-state index contributed by atoms with van der Waals surface area (Å²) in [6, 6.07) is -0.407. The summed E-state index contributed by atoms with van der Waals surface area (Å²) in [6.07, 6.45) is 2.54. The van der Waals surface area contributed by atoms with Gasteiger partial charge >= 0.3 is 5.97 Å². The number of alkyl halides is 1. The van der Waals surface area contributed by atoms with E-state index in [0.29, 0.717) is 15.5 Å². The monoisotopic (exact) mass is 469 g/mol. The van der Waals surface area contributed by atoms with Crippen LogP contribution in [0.5, 0.6) is 0 Å². The van der Waals surface area contributed by atoms with Gasteiger partial charge in [0, 0.05) is 17.2 Å². The second-order valence-electron chi connectivity index (χ2n) is 7.68. The number of fused-ring (bicyclic) bond motifs is 2. The molecular weight excluding hydrogens is 447 g/mol. The third kappa shape index (κ3) is 3.33. The molecule has 4 N–H and O–H groups in total. The number of thioether (sulfide) groups is 1. The molecule has 1 fully saturated rings. The molecule has 0 bridgehead atoms. The van der Waals surface area contributed by atoms with E-state index < -0.39 is 36.6 Å². The number of aliphatic hydroxyl groups excluding tert-OH is 1. The molecule has 4 atom stereocenters. The SMILES string of the molecule is C[C@@H](O)[C@H]1C(=O)N2C(C(=O)O)=C(c3cn4c[n+](CC(N)=O)c(SCCF)c4s3)[C@H](C)[C@H]12. The third-order valence-corrected chi connectivity index (χ3v) is 8.02. The largest absolute Gasteiger partial charge is 0.477 e. The van der Waals surface area contributed by atoms with Crippen molar-refractivity contribution >= 4 is 51.3 Å². The Hall–Kier alpha value is -2.44. The Balaban J connectivity index is 1.81. The lowest BCUT2D eigenvalue weighted by molar-refractivity contribution is -0.717. The van der Waals surface area contributed by atoms with Gasteiger partial charge in [0.15, 0.2) is 6.54 Å². The lowest BCUT2D eigenvalue weighted by Crippen LogP contribution is -2.63. The maximum atomic E-state index is 12.8. The number of aromatic nitrogens is 2. The standard InChI is InChI=1S/C19H21FN4O5S2/c1-8-12(15(19(28)29)24-14(8)13(9(2)25)16(24)27)10-5-22-7-23(6-11(21)26)17(18(22)31-10)30-4-3-20/h5,7-9,13-14,25H,3-4,6H2,1-2H3,(H2-,21,26,28,29)/p+1/t8-,9+,13+,14+/m0/s1. The van der Waals surface area contributed by atoms with E-state index in [0.717, 1.165) is 4.83 Å². The van der Waals surface area contributed by atoms with E-state index >= 15 is 0 Å². The van der Waals surface area contributed by atoms with Gasteiger partial charge in [-0.05, 0) is 6.92 Å². The first-order valence-corrected chi connectivity index (χ1v) is 11.5. The molecule has 166 valence electrons. The summed E-state index contributed by atoms with van der Waals surface area (Å²) < 4.78 is 16.2. The third-order valence-electron chi connectivity index (χ3n) is 5.69. The summed E-state index contributed by atoms with van der Waals surface area (Å²) in [4.78, 5) is 38.7. The molecule has 0 aliphatic carbocycles. The fraction of sp³-hybridized carbons (Fsp3) is 0.474. The van der Waals surface area contributed by atoms with Crippen molar-refractivity contribution in [1.82, 2.24) is 9.30 Å². The van der Waals surface area contributed by atoms with Gasteiger partial charge in [-0.25, -0.2) is 9.36 Å². The topological polar surface area (TPSA) is 129 Å². The van der Waals surface area contributed by atoms with Gasteiger partial charge < -0.3 is 20.8 Å². The maximum Gasteiger partial charge on any atom is 0.352 e. The highest BCUT2D eigenvalue weighted by atomic mass is 32.2. The van der Waals surface area contributed by atoms with Crippen molar-refractivity contribution in [2.75, 3.05) is 12.4 Å². The Morgan fingerprint density at radius 2 is 2.16 bits per heavy atom. The van der Waals surface area contributed by atoms with Crippen LogP contribution < -0.4 is 10.3 Å². The van der Waals surface area contributed by atoms with Crippen LogP contribution in [-0.4, -0.2) is 61.9 Å². The molecule has 0 radical (unpaired) electrons. The molecule has 4 rings (SSSR count). The van der Waals surface area contributed by atoms with Crippen molar-refractivity contribution in [3.05, 3.63) is 23.1 Å². The van der Waals surface area contributed by atoms with Crippen LogP contribution in [0, 0.1) is 11.8 Å². The minimum absolute atomic E-state index is 0.0573. The lowest BCUT2D eigenvalue weighted by Gasteiger charge is -2.46. The van der Waals surface area contributed by atoms with Crippen molar-refractivity contribution in [2.24, 2.45) is 17.6 Å². The number of nitrogens with zero attached hydrogens (tertiary/aromatic N) is 3. The highest BCUT2D eigenvalue weighted by Crippen LogP contribution is 2.51. The van der Waals surface area contributed by atoms with Gasteiger partial charge in [0.05, 0.1) is 29.6 Å². The quantitative estimate of drug-likeness (QED) is 0.293. The van der Waals surface area contributed by atoms with Crippen LogP contribution in [0.1, 0.15) is 18.7 Å². The molecule has 1 saturated heterocycles. The predicted octanol–water partition coefficient (Wildman–Crippen LogP) is 0.488. The van der Waals surface area contributed by atoms with Crippen molar-refractivity contribution in [1.29, 1.82) is 0 Å². The number of aliphatic carboxylic acids is 1. The van der Waals surface area contributed by atoms with Gasteiger partial charge in [0.2, 0.25) is 15.8 Å². The summed E-state index contributed by atoms with van der Waals surface area (Å²) in [5.74, 6) is -2.84. The number of aliphatic hydroxyl groups is 1. The molecular formula is C19H22FN4O5S2+. The zero-order valence-electron chi connectivity index (χ0n) is 16.8. The Morgan fingerprint density at radius 3 is 2.74 bits per heavy atom. The smallest absolute Gasteiger partial charge is 0.352 e. The Labute approximate surface area is 184 Å². The van der Waals surface area contributed by atoms with Crippen molar-refractivity contribution in [3.8, 4) is 0 Å². The van der Waals surface area contributed by atoms with E-state index in [-0.39, 0.29) is 29.8 Å². The zero-order chi connectivity index (χ0) is 22.6. The number of carboxylic acids is 1. The fourth-order valence-electron chi connectivity index (χ4n) is 4.51. The molecule has 0 saturated carbocycles. The summed E-state index contributed by atoms with van der Waals surface area (Å²) in [7, 11) is 0. The Bertz CT molecular complexity index is 1120. The first-order valence-electron chi connectivity index (χ1n) is 9.67. The summed E-state index contributed by atoms with van der Waals surface area (Å²) in [5.41, 5.74) is 5.79. The van der Waals surface area contributed by atoms with Crippen LogP contribution in [0.15, 0.2) is 23.2 Å². The number of rotatable bonds is 8. The highest BCUT2D eigenvalue weighted by Gasteiger charge is 2.60. The van der Waals surface area contributed by atoms with Crippen molar-refractivity contribution < 1.29 is 33.6 Å². The minimum atomic E-state index is -1.20. The Kier molecular flexibility index (Phi) is 5.56. The molecule has 9 nitrogen and oxygen atoms in total. The van der Waals surface area contributed by atoms with Gasteiger partial charge in [0.25, 0.3) is 12.2 Å². The predicted molar refractivity (Wildman–Crippen MR) is 111 cm³/mol. The number of β-lactam (4-membered cyclic amide) rings is 1. The van der Waals surface area contributed by atoms with Crippen molar-refractivity contribution in [2.45, 2.75) is 37.6 Å². The number of primary amides is 1. The second kappa shape index (κ2) is 7.92. The van der Waals surface area contributed by atoms with Gasteiger partial charge in [-0.1, -0.05) is 30.0 Å². The first-order chi connectivity index (χ1) is 14.7. The summed E-state index contributed by atoms with van der Waals surface area (Å²) in [5, 5.41) is 20.5. The number of halogens is 1. The number of hydrogen-bond donors (Lipinski definition) is 3. The number of nitrogens with two attached hydrogens (primary N) is 1. The van der Waals surface area contributed by atoms with E-state index in [1.54, 1.807) is 21.5 Å². The van der Waals surface area contributed by atoms with Crippen LogP contribution in [0.25, 0.3) is 10.4 Å². The van der Waals surface area contributed by atoms with E-state index in [4.69, 9.17) is 5.73 Å². The number of hydrogen-bond acceptors (Lipinski definition) is 6. The molecule has 2 aliphatic heterocycles. The molecule has 2 aromatic rings. The highest BCUT2D eigenvalue weighted by molar-refractivity contribution is 7.99. The number of carboxylic acid groups (broad SMARTS) is 1. The molecule has 31 heavy (non-hydrogen) atoms. The molecule has 12 heteroatoms. The van der Waals surface area contributed by atoms with E-state index in [1.165, 1.54) is 34.9 Å². The average molecular weight is 470 g/mol. The number of carbonyl (C=O) groups is 3. The van der Waals surface area contributed by atoms with E-state index in [9.17, 15) is 29.0 Å². The first kappa shape index (κ1) is 21.8. The van der Waals surface area contributed by atoms with Crippen LogP contribution in [-0.2, 0) is 20.9 Å². The average Bonchev–Trinajstić information content (AvgIpc) is 3.27. The number of imidazole rings is 1. The lowest BCUT2D eigenvalue weighted by atomic mass is 9.77. The van der Waals surface area contributed by atoms with Gasteiger partial charge in [-0.3, -0.25) is 14.0 Å². The van der Waals surface area contributed by atoms with E-state index in [1.807, 2.05) is 6.92 Å². The maximum absolute atomic E-state index is 12.8. The molecule has 0 unspecified atom stereocenters. The normalized spacial score (nSPS) is 23.9. The summed E-state index contributed by atoms with van der Waals surface area (Å²) >= 11 is 2.56. The van der Waals surface area contributed by atoms with Gasteiger partial charge in [-0.15, -0.1) is 0 Å². The van der Waals surface area contributed by atoms with Gasteiger partial charge in [-0.2, -0.15) is 4.40 Å². The summed E-state index contributed by atoms with van der Waals surface area (Å²) in [6.45, 7) is 2.79. The molecule has 2 amide bonds. The van der Waals surface area contributed by atoms with Crippen LogP contribution in [0.3, 0.4) is 0 Å². The molecule has 0 spiro atoms. The molecule has 4 heterocycles. The zero-order valence-corrected chi connectivity index (χ0v) is 18.5. The minimum Gasteiger partial charge on any atom is -0.477 e. The van der Waals surface area contributed by atoms with Crippen LogP contribution in [0.2, 0.25) is 0 Å². The Morgan fingerprint density at radius 1 is 1.45 bits per heavy atom. The van der Waals surface area contributed by atoms with Crippen LogP contribution in [0.4, 0.5) is 4.39 Å².